The van der Waals surface area contributed by atoms with Gasteiger partial charge in [-0.2, -0.15) is 0 Å². The number of rotatable bonds is 1. The third kappa shape index (κ3) is 2.19. The average Bonchev–Trinajstić information content (AvgIpc) is 2.20. The fourth-order valence-corrected chi connectivity index (χ4v) is 1.69. The summed E-state index contributed by atoms with van der Waals surface area (Å²) in [6.45, 7) is 0. The van der Waals surface area contributed by atoms with Gasteiger partial charge in [0.2, 0.25) is 0 Å². The summed E-state index contributed by atoms with van der Waals surface area (Å²) in [5.41, 5.74) is 1.09. The predicted molar refractivity (Wildman–Crippen MR) is 60.3 cm³/mol. The Hall–Kier alpha value is -1.32. The second kappa shape index (κ2) is 4.04. The molecule has 1 N–H and O–H groups in total. The van der Waals surface area contributed by atoms with Crippen LogP contribution in [0.5, 0.6) is 0 Å². The Morgan fingerprint density at radius 1 is 1.27 bits per heavy atom. The summed E-state index contributed by atoms with van der Waals surface area (Å²) in [6.07, 6.45) is 2.72. The van der Waals surface area contributed by atoms with E-state index in [2.05, 4.69) is 9.97 Å². The Labute approximate surface area is 95.7 Å². The molecule has 0 aliphatic rings. The standard InChI is InChI=1S/C10H6Cl2N2O/c11-6-1-2-7(8(12)3-6)9-4-14-10(15)5-13-9/h1-5H,(H,14,15). The van der Waals surface area contributed by atoms with Crippen molar-refractivity contribution in [3.05, 3.63) is 51.0 Å². The molecule has 0 aliphatic carbocycles. The van der Waals surface area contributed by atoms with Crippen molar-refractivity contribution in [3.63, 3.8) is 0 Å². The average molecular weight is 241 g/mol. The lowest BCUT2D eigenvalue weighted by molar-refractivity contribution is 1.14. The molecule has 15 heavy (non-hydrogen) atoms. The second-order valence-electron chi connectivity index (χ2n) is 2.92. The highest BCUT2D eigenvalue weighted by atomic mass is 35.5. The molecule has 0 saturated heterocycles. The van der Waals surface area contributed by atoms with E-state index in [1.54, 1.807) is 18.2 Å². The molecule has 0 unspecified atom stereocenters. The van der Waals surface area contributed by atoms with Crippen LogP contribution in [0.2, 0.25) is 10.0 Å². The molecular formula is C10H6Cl2N2O. The van der Waals surface area contributed by atoms with Gasteiger partial charge in [0.15, 0.2) is 0 Å². The first-order valence-corrected chi connectivity index (χ1v) is 4.92. The summed E-state index contributed by atoms with van der Waals surface area (Å²) >= 11 is 11.8. The molecule has 0 saturated carbocycles. The van der Waals surface area contributed by atoms with Crippen LogP contribution in [-0.2, 0) is 0 Å². The quantitative estimate of drug-likeness (QED) is 0.834. The molecule has 0 spiro atoms. The normalized spacial score (nSPS) is 10.3. The minimum absolute atomic E-state index is 0.246. The molecule has 0 aliphatic heterocycles. The maximum atomic E-state index is 10.8. The predicted octanol–water partition coefficient (Wildman–Crippen LogP) is 2.74. The topological polar surface area (TPSA) is 45.8 Å². The van der Waals surface area contributed by atoms with Crippen LogP contribution in [0.4, 0.5) is 0 Å². The number of halogens is 2. The van der Waals surface area contributed by atoms with E-state index in [1.165, 1.54) is 12.4 Å². The fraction of sp³-hybridized carbons (Fsp3) is 0. The Balaban J connectivity index is 2.54. The lowest BCUT2D eigenvalue weighted by atomic mass is 10.2. The highest BCUT2D eigenvalue weighted by Crippen LogP contribution is 2.27. The largest absolute Gasteiger partial charge is 0.326 e. The van der Waals surface area contributed by atoms with Crippen molar-refractivity contribution in [2.75, 3.05) is 0 Å². The number of aromatic nitrogens is 2. The van der Waals surface area contributed by atoms with E-state index in [0.717, 1.165) is 5.56 Å². The van der Waals surface area contributed by atoms with Crippen LogP contribution in [0.15, 0.2) is 35.4 Å². The van der Waals surface area contributed by atoms with Gasteiger partial charge in [0.1, 0.15) is 0 Å². The number of nitrogens with one attached hydrogen (secondary N) is 1. The summed E-state index contributed by atoms with van der Waals surface area (Å²) in [5.74, 6) is 0. The van der Waals surface area contributed by atoms with E-state index in [-0.39, 0.29) is 5.56 Å². The summed E-state index contributed by atoms with van der Waals surface area (Å²) in [6, 6.07) is 5.10. The maximum Gasteiger partial charge on any atom is 0.266 e. The monoisotopic (exact) mass is 240 g/mol. The van der Waals surface area contributed by atoms with Crippen molar-refractivity contribution < 1.29 is 0 Å². The second-order valence-corrected chi connectivity index (χ2v) is 3.76. The number of hydrogen-bond donors (Lipinski definition) is 1. The van der Waals surface area contributed by atoms with Gasteiger partial charge in [0.05, 0.1) is 16.9 Å². The molecule has 1 aromatic heterocycles. The third-order valence-corrected chi connectivity index (χ3v) is 2.43. The molecule has 2 aromatic rings. The molecule has 3 nitrogen and oxygen atoms in total. The number of aromatic amines is 1. The summed E-state index contributed by atoms with van der Waals surface area (Å²) in [5, 5.41) is 1.07. The van der Waals surface area contributed by atoms with Crippen molar-refractivity contribution in [3.8, 4) is 11.3 Å². The smallest absolute Gasteiger partial charge is 0.266 e. The Bertz CT molecular complexity index is 531. The van der Waals surface area contributed by atoms with Gasteiger partial charge in [-0.15, -0.1) is 0 Å². The van der Waals surface area contributed by atoms with Gasteiger partial charge in [-0.1, -0.05) is 23.2 Å². The Morgan fingerprint density at radius 2 is 2.07 bits per heavy atom. The van der Waals surface area contributed by atoms with E-state index in [1.807, 2.05) is 0 Å². The highest BCUT2D eigenvalue weighted by molar-refractivity contribution is 6.36. The molecule has 5 heteroatoms. The molecule has 2 rings (SSSR count). The molecule has 76 valence electrons. The lowest BCUT2D eigenvalue weighted by Crippen LogP contribution is -2.04. The maximum absolute atomic E-state index is 10.8. The van der Waals surface area contributed by atoms with Gasteiger partial charge in [0, 0.05) is 16.8 Å². The van der Waals surface area contributed by atoms with Crippen molar-refractivity contribution in [2.45, 2.75) is 0 Å². The minimum Gasteiger partial charge on any atom is -0.326 e. The number of benzene rings is 1. The SMILES string of the molecule is O=c1cnc(-c2ccc(Cl)cc2Cl)c[nH]1. The third-order valence-electron chi connectivity index (χ3n) is 1.88. The molecule has 0 amide bonds. The van der Waals surface area contributed by atoms with Gasteiger partial charge in [-0.05, 0) is 18.2 Å². The Kier molecular flexibility index (Phi) is 2.75. The van der Waals surface area contributed by atoms with Gasteiger partial charge in [-0.3, -0.25) is 4.79 Å². The van der Waals surface area contributed by atoms with Crippen LogP contribution in [-0.4, -0.2) is 9.97 Å². The van der Waals surface area contributed by atoms with Gasteiger partial charge in [-0.25, -0.2) is 4.98 Å². The van der Waals surface area contributed by atoms with Crippen molar-refractivity contribution >= 4 is 23.2 Å². The first-order valence-electron chi connectivity index (χ1n) is 4.17. The van der Waals surface area contributed by atoms with Crippen LogP contribution in [0.25, 0.3) is 11.3 Å². The van der Waals surface area contributed by atoms with Gasteiger partial charge >= 0.3 is 0 Å². The zero-order valence-corrected chi connectivity index (χ0v) is 9.01. The lowest BCUT2D eigenvalue weighted by Gasteiger charge is -2.02. The Morgan fingerprint density at radius 3 is 2.67 bits per heavy atom. The number of nitrogens with zero attached hydrogens (tertiary/aromatic N) is 1. The van der Waals surface area contributed by atoms with Crippen molar-refractivity contribution in [1.29, 1.82) is 0 Å². The number of H-pyrrole nitrogens is 1. The molecule has 0 fully saturated rings. The first kappa shape index (κ1) is 10.2. The van der Waals surface area contributed by atoms with Crippen LogP contribution in [0, 0.1) is 0 Å². The van der Waals surface area contributed by atoms with E-state index >= 15 is 0 Å². The summed E-state index contributed by atoms with van der Waals surface area (Å²) in [4.78, 5) is 17.3. The first-order chi connectivity index (χ1) is 7.16. The van der Waals surface area contributed by atoms with Crippen LogP contribution in [0.1, 0.15) is 0 Å². The van der Waals surface area contributed by atoms with Crippen LogP contribution < -0.4 is 5.56 Å². The van der Waals surface area contributed by atoms with Gasteiger partial charge in [0.25, 0.3) is 5.56 Å². The summed E-state index contributed by atoms with van der Waals surface area (Å²) in [7, 11) is 0. The fourth-order valence-electron chi connectivity index (χ4n) is 1.19. The molecule has 0 atom stereocenters. The van der Waals surface area contributed by atoms with Crippen LogP contribution in [0.3, 0.4) is 0 Å². The molecule has 0 radical (unpaired) electrons. The van der Waals surface area contributed by atoms with Crippen LogP contribution >= 0.6 is 23.2 Å². The molecule has 1 aromatic carbocycles. The molecule has 0 bridgehead atoms. The minimum atomic E-state index is -0.246. The number of hydrogen-bond acceptors (Lipinski definition) is 2. The highest BCUT2D eigenvalue weighted by Gasteiger charge is 2.04. The van der Waals surface area contributed by atoms with Crippen molar-refractivity contribution in [1.82, 2.24) is 9.97 Å². The van der Waals surface area contributed by atoms with E-state index in [0.29, 0.717) is 15.7 Å². The van der Waals surface area contributed by atoms with E-state index in [9.17, 15) is 4.79 Å². The van der Waals surface area contributed by atoms with E-state index < -0.39 is 0 Å². The molecular weight excluding hydrogens is 235 g/mol. The summed E-state index contributed by atoms with van der Waals surface area (Å²) < 4.78 is 0. The van der Waals surface area contributed by atoms with E-state index in [4.69, 9.17) is 23.2 Å². The van der Waals surface area contributed by atoms with Crippen molar-refractivity contribution in [2.24, 2.45) is 0 Å². The molecule has 1 heterocycles. The zero-order chi connectivity index (χ0) is 10.8. The zero-order valence-electron chi connectivity index (χ0n) is 7.50. The van der Waals surface area contributed by atoms with Gasteiger partial charge < -0.3 is 4.98 Å².